The molecule has 3 heteroatoms. The van der Waals surface area contributed by atoms with Gasteiger partial charge in [0, 0.05) is 10.9 Å². The number of rotatable bonds is 3. The van der Waals surface area contributed by atoms with Gasteiger partial charge in [0.2, 0.25) is 5.76 Å². The molecule has 0 aliphatic heterocycles. The van der Waals surface area contributed by atoms with Crippen molar-refractivity contribution in [3.8, 4) is 0 Å². The van der Waals surface area contributed by atoms with Gasteiger partial charge < -0.3 is 9.52 Å². The van der Waals surface area contributed by atoms with E-state index in [-0.39, 0.29) is 5.76 Å². The third-order valence-corrected chi connectivity index (χ3v) is 3.29. The van der Waals surface area contributed by atoms with Gasteiger partial charge in [0.05, 0.1) is 0 Å². The number of hydrogen-bond donors (Lipinski definition) is 1. The molecule has 1 N–H and O–H groups in total. The summed E-state index contributed by atoms with van der Waals surface area (Å²) in [6.07, 6.45) is 0.719. The van der Waals surface area contributed by atoms with Crippen LogP contribution in [0, 0.1) is 19.8 Å². The number of benzene rings is 1. The van der Waals surface area contributed by atoms with Crippen LogP contribution in [0.1, 0.15) is 41.1 Å². The molecule has 3 nitrogen and oxygen atoms in total. The summed E-state index contributed by atoms with van der Waals surface area (Å²) in [5.41, 5.74) is 3.66. The first-order valence-corrected chi connectivity index (χ1v) is 6.16. The maximum Gasteiger partial charge on any atom is 0.372 e. The number of fused-ring (bicyclic) bond motifs is 1. The Morgan fingerprint density at radius 1 is 1.33 bits per heavy atom. The Bertz CT molecular complexity index is 606. The lowest BCUT2D eigenvalue weighted by Crippen LogP contribution is -2.02. The Labute approximate surface area is 106 Å². The van der Waals surface area contributed by atoms with Crippen LogP contribution in [0.25, 0.3) is 11.0 Å². The van der Waals surface area contributed by atoms with Gasteiger partial charge in [-0.25, -0.2) is 4.79 Å². The highest BCUT2D eigenvalue weighted by atomic mass is 16.4. The highest BCUT2D eigenvalue weighted by Crippen LogP contribution is 2.31. The normalized spacial score (nSPS) is 11.4. The Balaban J connectivity index is 2.75. The molecule has 0 atom stereocenters. The zero-order chi connectivity index (χ0) is 13.4. The molecule has 96 valence electrons. The maximum atomic E-state index is 11.3. The number of aromatic carboxylic acids is 1. The summed E-state index contributed by atoms with van der Waals surface area (Å²) in [7, 11) is 0. The molecule has 0 unspecified atom stereocenters. The second-order valence-corrected chi connectivity index (χ2v) is 5.20. The van der Waals surface area contributed by atoms with Crippen molar-refractivity contribution in [2.24, 2.45) is 5.92 Å². The number of furan rings is 1. The lowest BCUT2D eigenvalue weighted by Gasteiger charge is -2.04. The van der Waals surface area contributed by atoms with Crippen LogP contribution >= 0.6 is 0 Å². The van der Waals surface area contributed by atoms with Crippen molar-refractivity contribution in [1.82, 2.24) is 0 Å². The third-order valence-electron chi connectivity index (χ3n) is 3.29. The predicted octanol–water partition coefficient (Wildman–Crippen LogP) is 3.95. The smallest absolute Gasteiger partial charge is 0.372 e. The molecule has 0 amide bonds. The molecule has 0 saturated heterocycles. The van der Waals surface area contributed by atoms with Crippen molar-refractivity contribution in [2.75, 3.05) is 0 Å². The van der Waals surface area contributed by atoms with Gasteiger partial charge in [-0.1, -0.05) is 26.0 Å². The quantitative estimate of drug-likeness (QED) is 0.892. The molecule has 0 radical (unpaired) electrons. The molecular weight excluding hydrogens is 228 g/mol. The summed E-state index contributed by atoms with van der Waals surface area (Å²) in [6.45, 7) is 8.11. The fourth-order valence-electron chi connectivity index (χ4n) is 2.23. The molecular formula is C15H18O3. The van der Waals surface area contributed by atoms with Gasteiger partial charge in [0.1, 0.15) is 5.58 Å². The first-order valence-electron chi connectivity index (χ1n) is 6.16. The van der Waals surface area contributed by atoms with Crippen LogP contribution in [0.15, 0.2) is 16.5 Å². The molecule has 2 aromatic rings. The Hall–Kier alpha value is -1.77. The minimum absolute atomic E-state index is 0.0902. The standard InChI is InChI=1S/C15H18O3/c1-8(2)7-12-11-6-5-9(3)10(4)13(11)18-14(12)15(16)17/h5-6,8H,7H2,1-4H3,(H,16,17). The molecule has 0 aliphatic carbocycles. The molecule has 0 fully saturated rings. The molecule has 2 rings (SSSR count). The van der Waals surface area contributed by atoms with E-state index in [2.05, 4.69) is 13.8 Å². The van der Waals surface area contributed by atoms with E-state index in [1.54, 1.807) is 0 Å². The van der Waals surface area contributed by atoms with Crippen molar-refractivity contribution in [3.63, 3.8) is 0 Å². The van der Waals surface area contributed by atoms with Gasteiger partial charge in [0.15, 0.2) is 0 Å². The van der Waals surface area contributed by atoms with Gasteiger partial charge in [-0.15, -0.1) is 0 Å². The molecule has 0 bridgehead atoms. The van der Waals surface area contributed by atoms with E-state index in [1.807, 2.05) is 26.0 Å². The fourth-order valence-corrected chi connectivity index (χ4v) is 2.23. The topological polar surface area (TPSA) is 50.4 Å². The first-order chi connectivity index (χ1) is 8.41. The highest BCUT2D eigenvalue weighted by Gasteiger charge is 2.21. The van der Waals surface area contributed by atoms with Crippen LogP contribution < -0.4 is 0 Å². The predicted molar refractivity (Wildman–Crippen MR) is 71.2 cm³/mol. The maximum absolute atomic E-state index is 11.3. The number of aryl methyl sites for hydroxylation is 2. The van der Waals surface area contributed by atoms with Crippen molar-refractivity contribution in [3.05, 3.63) is 34.6 Å². The summed E-state index contributed by atoms with van der Waals surface area (Å²) in [6, 6.07) is 3.98. The van der Waals surface area contributed by atoms with E-state index < -0.39 is 5.97 Å². The Morgan fingerprint density at radius 2 is 2.00 bits per heavy atom. The second-order valence-electron chi connectivity index (χ2n) is 5.20. The number of carboxylic acids is 1. The summed E-state index contributed by atoms with van der Waals surface area (Å²) in [4.78, 5) is 11.3. The largest absolute Gasteiger partial charge is 0.475 e. The molecule has 18 heavy (non-hydrogen) atoms. The average molecular weight is 246 g/mol. The molecule has 0 saturated carbocycles. The number of carboxylic acid groups (broad SMARTS) is 1. The molecule has 0 spiro atoms. The van der Waals surface area contributed by atoms with Gasteiger partial charge in [-0.2, -0.15) is 0 Å². The summed E-state index contributed by atoms with van der Waals surface area (Å²) in [5, 5.41) is 10.2. The Morgan fingerprint density at radius 3 is 2.56 bits per heavy atom. The van der Waals surface area contributed by atoms with Crippen LogP contribution in [-0.4, -0.2) is 11.1 Å². The van der Waals surface area contributed by atoms with E-state index in [4.69, 9.17) is 4.42 Å². The minimum Gasteiger partial charge on any atom is -0.475 e. The molecule has 1 aromatic carbocycles. The van der Waals surface area contributed by atoms with Crippen molar-refractivity contribution < 1.29 is 14.3 Å². The Kier molecular flexibility index (Phi) is 3.16. The van der Waals surface area contributed by atoms with Crippen molar-refractivity contribution in [1.29, 1.82) is 0 Å². The van der Waals surface area contributed by atoms with E-state index in [0.29, 0.717) is 11.5 Å². The highest BCUT2D eigenvalue weighted by molar-refractivity contribution is 5.96. The van der Waals surface area contributed by atoms with Crippen LogP contribution in [0.2, 0.25) is 0 Å². The van der Waals surface area contributed by atoms with E-state index >= 15 is 0 Å². The van der Waals surface area contributed by atoms with Gasteiger partial charge in [-0.3, -0.25) is 0 Å². The van der Waals surface area contributed by atoms with E-state index in [0.717, 1.165) is 28.5 Å². The average Bonchev–Trinajstić information content (AvgIpc) is 2.63. The van der Waals surface area contributed by atoms with Crippen molar-refractivity contribution in [2.45, 2.75) is 34.1 Å². The zero-order valence-electron chi connectivity index (χ0n) is 11.2. The van der Waals surface area contributed by atoms with E-state index in [1.165, 1.54) is 0 Å². The van der Waals surface area contributed by atoms with Crippen LogP contribution in [0.5, 0.6) is 0 Å². The first kappa shape index (κ1) is 12.7. The zero-order valence-corrected chi connectivity index (χ0v) is 11.2. The second kappa shape index (κ2) is 4.48. The van der Waals surface area contributed by atoms with Crippen LogP contribution in [0.3, 0.4) is 0 Å². The van der Waals surface area contributed by atoms with Crippen molar-refractivity contribution >= 4 is 16.9 Å². The molecule has 1 aromatic heterocycles. The molecule has 0 aliphatic rings. The molecule has 1 heterocycles. The van der Waals surface area contributed by atoms with E-state index in [9.17, 15) is 9.90 Å². The van der Waals surface area contributed by atoms with Gasteiger partial charge in [0.25, 0.3) is 0 Å². The summed E-state index contributed by atoms with van der Waals surface area (Å²) >= 11 is 0. The number of hydrogen-bond acceptors (Lipinski definition) is 2. The lowest BCUT2D eigenvalue weighted by molar-refractivity contribution is 0.0663. The van der Waals surface area contributed by atoms with Crippen LogP contribution in [0.4, 0.5) is 0 Å². The van der Waals surface area contributed by atoms with Gasteiger partial charge in [-0.05, 0) is 37.3 Å². The SMILES string of the molecule is Cc1ccc2c(CC(C)C)c(C(=O)O)oc2c1C. The summed E-state index contributed by atoms with van der Waals surface area (Å²) < 4.78 is 5.57. The monoisotopic (exact) mass is 246 g/mol. The number of carbonyl (C=O) groups is 1. The minimum atomic E-state index is -0.987. The third kappa shape index (κ3) is 2.01. The van der Waals surface area contributed by atoms with Gasteiger partial charge >= 0.3 is 5.97 Å². The fraction of sp³-hybridized carbons (Fsp3) is 0.400. The summed E-state index contributed by atoms with van der Waals surface area (Å²) in [5.74, 6) is -0.503. The lowest BCUT2D eigenvalue weighted by atomic mass is 9.98. The van der Waals surface area contributed by atoms with Crippen LogP contribution in [-0.2, 0) is 6.42 Å².